The third-order valence-electron chi connectivity index (χ3n) is 6.59. The van der Waals surface area contributed by atoms with Gasteiger partial charge in [0.1, 0.15) is 16.9 Å². The first-order valence-corrected chi connectivity index (χ1v) is 13.6. The van der Waals surface area contributed by atoms with E-state index in [0.717, 1.165) is 31.2 Å². The Balaban J connectivity index is 1.45. The minimum absolute atomic E-state index is 0.0197. The van der Waals surface area contributed by atoms with Crippen LogP contribution in [-0.4, -0.2) is 42.0 Å². The third-order valence-corrected chi connectivity index (χ3v) is 8.07. The minimum atomic E-state index is -4.81. The number of nitrogens with one attached hydrogen (secondary N) is 1. The maximum atomic E-state index is 13.4. The zero-order chi connectivity index (χ0) is 27.1. The zero-order valence-corrected chi connectivity index (χ0v) is 21.9. The Morgan fingerprint density at radius 1 is 1.13 bits per heavy atom. The van der Waals surface area contributed by atoms with Crippen LogP contribution >= 0.6 is 11.8 Å². The van der Waals surface area contributed by atoms with E-state index in [1.54, 1.807) is 30.2 Å². The number of nitrogens with zero attached hydrogens (tertiary/aromatic N) is 1. The van der Waals surface area contributed by atoms with Gasteiger partial charge in [0.15, 0.2) is 0 Å². The molecule has 1 fully saturated rings. The summed E-state index contributed by atoms with van der Waals surface area (Å²) in [5.41, 5.74) is 2.72. The van der Waals surface area contributed by atoms with Crippen LogP contribution in [0.4, 0.5) is 13.2 Å². The third kappa shape index (κ3) is 7.69. The molecule has 2 atom stereocenters. The van der Waals surface area contributed by atoms with Crippen molar-refractivity contribution in [3.8, 4) is 11.5 Å². The summed E-state index contributed by atoms with van der Waals surface area (Å²) < 4.78 is 47.7. The van der Waals surface area contributed by atoms with E-state index in [0.29, 0.717) is 30.8 Å². The summed E-state index contributed by atoms with van der Waals surface area (Å²) in [4.78, 5) is 27.9. The Bertz CT molecular complexity index is 1150. The molecule has 2 unspecified atom stereocenters. The second-order valence-electron chi connectivity index (χ2n) is 9.32. The summed E-state index contributed by atoms with van der Waals surface area (Å²) >= 11 is 1.29. The lowest BCUT2D eigenvalue weighted by atomic mass is 9.97. The first-order valence-electron chi connectivity index (χ1n) is 12.6. The normalized spacial score (nSPS) is 19.7. The Kier molecular flexibility index (Phi) is 9.25. The molecule has 204 valence electrons. The van der Waals surface area contributed by atoms with Gasteiger partial charge in [0.25, 0.3) is 0 Å². The highest BCUT2D eigenvalue weighted by Gasteiger charge is 2.42. The molecule has 2 amide bonds. The molecule has 1 N–H and O–H groups in total. The average molecular weight is 549 g/mol. The van der Waals surface area contributed by atoms with Crippen LogP contribution in [0.25, 0.3) is 0 Å². The number of alkyl halides is 3. The zero-order valence-electron chi connectivity index (χ0n) is 21.1. The molecule has 0 saturated carbocycles. The van der Waals surface area contributed by atoms with Crippen LogP contribution in [0.15, 0.2) is 60.2 Å². The molecule has 0 bridgehead atoms. The maximum absolute atomic E-state index is 13.4. The highest BCUT2D eigenvalue weighted by Crippen LogP contribution is 2.45. The fourth-order valence-electron chi connectivity index (χ4n) is 4.65. The topological polar surface area (TPSA) is 67.9 Å². The van der Waals surface area contributed by atoms with Crippen molar-refractivity contribution in [3.63, 3.8) is 0 Å². The molecule has 6 nitrogen and oxygen atoms in total. The van der Waals surface area contributed by atoms with E-state index in [-0.39, 0.29) is 24.0 Å². The molecular formula is C28H31F3N2O4S. The first-order chi connectivity index (χ1) is 18.2. The van der Waals surface area contributed by atoms with Crippen LogP contribution in [0, 0.1) is 0 Å². The van der Waals surface area contributed by atoms with Gasteiger partial charge in [-0.15, -0.1) is 24.9 Å². The van der Waals surface area contributed by atoms with Gasteiger partial charge in [0.05, 0.1) is 12.4 Å². The van der Waals surface area contributed by atoms with E-state index in [1.165, 1.54) is 35.5 Å². The Hall–Kier alpha value is -3.14. The average Bonchev–Trinajstić information content (AvgIpc) is 3.21. The largest absolute Gasteiger partial charge is 0.573 e. The Morgan fingerprint density at radius 2 is 1.92 bits per heavy atom. The molecule has 0 spiro atoms. The molecule has 2 aromatic rings. The Morgan fingerprint density at radius 3 is 2.61 bits per heavy atom. The smallest absolute Gasteiger partial charge is 0.497 e. The van der Waals surface area contributed by atoms with Crippen LogP contribution in [-0.2, 0) is 16.1 Å². The van der Waals surface area contributed by atoms with Gasteiger partial charge in [-0.05, 0) is 67.5 Å². The van der Waals surface area contributed by atoms with E-state index in [9.17, 15) is 22.8 Å². The van der Waals surface area contributed by atoms with E-state index in [4.69, 9.17) is 4.74 Å². The predicted molar refractivity (Wildman–Crippen MR) is 140 cm³/mol. The van der Waals surface area contributed by atoms with Crippen LogP contribution in [0.2, 0.25) is 0 Å². The molecule has 38 heavy (non-hydrogen) atoms. The second-order valence-corrected chi connectivity index (χ2v) is 10.6. The lowest BCUT2D eigenvalue weighted by Gasteiger charge is -2.25. The molecular weight excluding hydrogens is 517 g/mol. The lowest BCUT2D eigenvalue weighted by molar-refractivity contribution is -0.274. The second kappa shape index (κ2) is 12.6. The number of carbonyl (C=O) groups is 2. The number of benzene rings is 2. The van der Waals surface area contributed by atoms with Crippen molar-refractivity contribution in [1.29, 1.82) is 0 Å². The molecule has 2 aromatic carbocycles. The van der Waals surface area contributed by atoms with Gasteiger partial charge in [-0.25, -0.2) is 0 Å². The van der Waals surface area contributed by atoms with Gasteiger partial charge < -0.3 is 19.7 Å². The van der Waals surface area contributed by atoms with Crippen molar-refractivity contribution in [2.24, 2.45) is 0 Å². The fourth-order valence-corrected chi connectivity index (χ4v) is 6.13. The molecule has 2 aliphatic rings. The summed E-state index contributed by atoms with van der Waals surface area (Å²) in [6, 6.07) is 13.0. The van der Waals surface area contributed by atoms with Crippen molar-refractivity contribution in [2.45, 2.75) is 62.1 Å². The number of hydrogen-bond acceptors (Lipinski definition) is 5. The van der Waals surface area contributed by atoms with Gasteiger partial charge in [0.2, 0.25) is 11.8 Å². The van der Waals surface area contributed by atoms with Crippen LogP contribution < -0.4 is 14.8 Å². The van der Waals surface area contributed by atoms with Crippen LogP contribution in [0.3, 0.4) is 0 Å². The number of rotatable bonds is 10. The van der Waals surface area contributed by atoms with E-state index >= 15 is 0 Å². The number of halogens is 3. The SMILES string of the molecule is COc1ccc(CNC(=O)CC2SC(c3cccc(OC(F)(F)F)c3)N(CCC3=CCCCC3)C2=O)cc1. The molecule has 4 rings (SSSR count). The van der Waals surface area contributed by atoms with E-state index in [1.807, 2.05) is 12.1 Å². The van der Waals surface area contributed by atoms with Crippen LogP contribution in [0.5, 0.6) is 11.5 Å². The Labute approximate surface area is 224 Å². The number of amides is 2. The number of thioether (sulfide) groups is 1. The van der Waals surface area contributed by atoms with Crippen molar-refractivity contribution in [3.05, 3.63) is 71.3 Å². The summed E-state index contributed by atoms with van der Waals surface area (Å²) in [6.45, 7) is 0.753. The van der Waals surface area contributed by atoms with E-state index < -0.39 is 17.0 Å². The van der Waals surface area contributed by atoms with Crippen molar-refractivity contribution >= 4 is 23.6 Å². The monoisotopic (exact) mass is 548 g/mol. The molecule has 1 aliphatic heterocycles. The predicted octanol–water partition coefficient (Wildman–Crippen LogP) is 6.13. The number of ether oxygens (including phenoxy) is 2. The molecule has 1 aliphatic carbocycles. The van der Waals surface area contributed by atoms with Gasteiger partial charge in [-0.3, -0.25) is 9.59 Å². The molecule has 1 saturated heterocycles. The van der Waals surface area contributed by atoms with Crippen molar-refractivity contribution in [2.75, 3.05) is 13.7 Å². The minimum Gasteiger partial charge on any atom is -0.497 e. The standard InChI is InChI=1S/C28H31F3N2O4S/c1-36-22-12-10-20(11-13-22)18-32-25(34)17-24-26(35)33(15-14-19-6-3-2-4-7-19)27(38-24)21-8-5-9-23(16-21)37-28(29,30)31/h5-6,8-13,16,24,27H,2-4,7,14-15,17-18H2,1H3,(H,32,34). The molecule has 0 aromatic heterocycles. The summed E-state index contributed by atoms with van der Waals surface area (Å²) in [6.07, 6.45) is 2.38. The van der Waals surface area contributed by atoms with Gasteiger partial charge in [0, 0.05) is 19.5 Å². The summed E-state index contributed by atoms with van der Waals surface area (Å²) in [5, 5.41) is 1.71. The van der Waals surface area contributed by atoms with Crippen molar-refractivity contribution < 1.29 is 32.2 Å². The van der Waals surface area contributed by atoms with Gasteiger partial charge in [-0.2, -0.15) is 0 Å². The highest BCUT2D eigenvalue weighted by molar-refractivity contribution is 8.01. The lowest BCUT2D eigenvalue weighted by Crippen LogP contribution is -2.34. The molecule has 10 heteroatoms. The van der Waals surface area contributed by atoms with Crippen molar-refractivity contribution in [1.82, 2.24) is 10.2 Å². The number of methoxy groups -OCH3 is 1. The van der Waals surface area contributed by atoms with Crippen LogP contribution in [0.1, 0.15) is 55.0 Å². The number of carbonyl (C=O) groups excluding carboxylic acids is 2. The summed E-state index contributed by atoms with van der Waals surface area (Å²) in [7, 11) is 1.58. The highest BCUT2D eigenvalue weighted by atomic mass is 32.2. The summed E-state index contributed by atoms with van der Waals surface area (Å²) in [5.74, 6) is -0.0684. The quantitative estimate of drug-likeness (QED) is 0.362. The first kappa shape index (κ1) is 27.9. The fraction of sp³-hybridized carbons (Fsp3) is 0.429. The van der Waals surface area contributed by atoms with E-state index in [2.05, 4.69) is 16.1 Å². The number of hydrogen-bond donors (Lipinski definition) is 1. The van der Waals surface area contributed by atoms with Gasteiger partial charge in [-0.1, -0.05) is 35.9 Å². The molecule has 0 radical (unpaired) electrons. The maximum Gasteiger partial charge on any atom is 0.573 e. The number of allylic oxidation sites excluding steroid dienone is 1. The molecule has 1 heterocycles. The van der Waals surface area contributed by atoms with Gasteiger partial charge >= 0.3 is 6.36 Å².